The number of carbonyl (C=O) groups excluding carboxylic acids is 3. The van der Waals surface area contributed by atoms with E-state index < -0.39 is 17.9 Å². The van der Waals surface area contributed by atoms with Gasteiger partial charge in [0.15, 0.2) is 0 Å². The molecule has 1 saturated heterocycles. The van der Waals surface area contributed by atoms with Crippen molar-refractivity contribution in [2.75, 3.05) is 39.6 Å². The summed E-state index contributed by atoms with van der Waals surface area (Å²) in [5.41, 5.74) is 9.21. The van der Waals surface area contributed by atoms with Crippen LogP contribution in [-0.2, 0) is 32.0 Å². The van der Waals surface area contributed by atoms with Gasteiger partial charge in [-0.05, 0) is 47.4 Å². The van der Waals surface area contributed by atoms with Gasteiger partial charge in [0, 0.05) is 27.9 Å². The van der Waals surface area contributed by atoms with E-state index in [9.17, 15) is 18.8 Å². The number of ether oxygens (including phenoxy) is 2. The average molecular weight is 580 g/mol. The summed E-state index contributed by atoms with van der Waals surface area (Å²) in [5.74, 6) is -1.47. The second-order valence-corrected chi connectivity index (χ2v) is 10.8. The van der Waals surface area contributed by atoms with Gasteiger partial charge in [0.25, 0.3) is 5.91 Å². The number of hydrogen-bond acceptors (Lipinski definition) is 7. The van der Waals surface area contributed by atoms with Gasteiger partial charge >= 0.3 is 0 Å². The normalized spacial score (nSPS) is 17.4. The van der Waals surface area contributed by atoms with Crippen molar-refractivity contribution < 1.29 is 28.2 Å². The maximum Gasteiger partial charge on any atom is 0.254 e. The van der Waals surface area contributed by atoms with Crippen molar-refractivity contribution in [3.8, 4) is 11.1 Å². The number of nitrogens with one attached hydrogen (secondary N) is 2. The predicted octanol–water partition coefficient (Wildman–Crippen LogP) is 2.35. The quantitative estimate of drug-likeness (QED) is 0.290. The number of rotatable bonds is 7. The lowest BCUT2D eigenvalue weighted by Crippen LogP contribution is -2.56. The first-order valence-corrected chi connectivity index (χ1v) is 14.0. The Balaban J connectivity index is 1.25. The highest BCUT2D eigenvalue weighted by Crippen LogP contribution is 2.27. The number of thiophene rings is 1. The first-order valence-electron chi connectivity index (χ1n) is 13.1. The molecule has 3 amide bonds. The minimum atomic E-state index is -0.944. The molecule has 0 bridgehead atoms. The summed E-state index contributed by atoms with van der Waals surface area (Å²) in [6.45, 7) is 0.785. The molecule has 214 valence electrons. The molecule has 0 radical (unpaired) electrons. The van der Waals surface area contributed by atoms with Gasteiger partial charge in [-0.2, -0.15) is 0 Å². The van der Waals surface area contributed by atoms with Gasteiger partial charge in [-0.15, -0.1) is 11.3 Å². The fraction of sp³-hybridized carbons (Fsp3) is 0.310. The Kier molecular flexibility index (Phi) is 8.72. The van der Waals surface area contributed by atoms with Crippen LogP contribution in [0.4, 0.5) is 4.39 Å². The lowest BCUT2D eigenvalue weighted by atomic mass is 9.94. The van der Waals surface area contributed by atoms with Crippen LogP contribution in [0.3, 0.4) is 0 Å². The number of amidine groups is 1. The fourth-order valence-corrected chi connectivity index (χ4v) is 5.61. The second kappa shape index (κ2) is 12.6. The Morgan fingerprint density at radius 2 is 1.85 bits per heavy atom. The van der Waals surface area contributed by atoms with Crippen molar-refractivity contribution in [1.29, 1.82) is 5.41 Å². The molecule has 0 unspecified atom stereocenters. The first-order chi connectivity index (χ1) is 19.8. The monoisotopic (exact) mass is 579 g/mol. The van der Waals surface area contributed by atoms with Crippen molar-refractivity contribution >= 4 is 34.9 Å². The number of halogens is 1. The standard InChI is InChI=1S/C29H30FN5O5S/c30-22-4-1-18(2-5-22)19-3-6-24-20(11-19)7-8-34(29(24)38)14-26(36)35-17-40-10-9-39-15-25(35)28(37)33-13-23-12-21(16-41-23)27(31)32/h1-6,11-12,16,25H,7-10,13-15,17H2,(H3,31,32)(H,33,37)/t25-/m0/s1. The van der Waals surface area contributed by atoms with Crippen molar-refractivity contribution in [3.63, 3.8) is 0 Å². The molecular weight excluding hydrogens is 549 g/mol. The Morgan fingerprint density at radius 3 is 2.61 bits per heavy atom. The molecule has 41 heavy (non-hydrogen) atoms. The highest BCUT2D eigenvalue weighted by molar-refractivity contribution is 7.10. The molecule has 1 fully saturated rings. The Labute approximate surface area is 240 Å². The van der Waals surface area contributed by atoms with Crippen LogP contribution in [0.2, 0.25) is 0 Å². The predicted molar refractivity (Wildman–Crippen MR) is 151 cm³/mol. The maximum atomic E-state index is 13.5. The zero-order chi connectivity index (χ0) is 28.9. The van der Waals surface area contributed by atoms with Gasteiger partial charge in [0.05, 0.1) is 26.4 Å². The van der Waals surface area contributed by atoms with Crippen molar-refractivity contribution in [1.82, 2.24) is 15.1 Å². The number of benzene rings is 2. The third-order valence-electron chi connectivity index (χ3n) is 7.06. The van der Waals surface area contributed by atoms with Gasteiger partial charge < -0.3 is 30.3 Å². The van der Waals surface area contributed by atoms with E-state index in [0.717, 1.165) is 21.6 Å². The Morgan fingerprint density at radius 1 is 1.10 bits per heavy atom. The lowest BCUT2D eigenvalue weighted by molar-refractivity contribution is -0.155. The van der Waals surface area contributed by atoms with Gasteiger partial charge in [0.1, 0.15) is 31.0 Å². The molecule has 5 rings (SSSR count). The number of amides is 3. The molecule has 1 aromatic heterocycles. The van der Waals surface area contributed by atoms with Crippen LogP contribution in [0, 0.1) is 11.2 Å². The number of hydrogen-bond donors (Lipinski definition) is 3. The fourth-order valence-electron chi connectivity index (χ4n) is 4.79. The average Bonchev–Trinajstić information content (AvgIpc) is 3.43. The summed E-state index contributed by atoms with van der Waals surface area (Å²) < 4.78 is 24.4. The van der Waals surface area contributed by atoms with E-state index in [1.165, 1.54) is 33.3 Å². The van der Waals surface area contributed by atoms with E-state index >= 15 is 0 Å². The molecule has 1 atom stereocenters. The molecule has 3 aromatic rings. The summed E-state index contributed by atoms with van der Waals surface area (Å²) in [7, 11) is 0. The molecular formula is C29H30FN5O5S. The summed E-state index contributed by atoms with van der Waals surface area (Å²) in [5, 5.41) is 12.1. The zero-order valence-electron chi connectivity index (χ0n) is 22.2. The summed E-state index contributed by atoms with van der Waals surface area (Å²) in [6.07, 6.45) is 0.552. The van der Waals surface area contributed by atoms with E-state index in [2.05, 4.69) is 5.32 Å². The smallest absolute Gasteiger partial charge is 0.254 e. The van der Waals surface area contributed by atoms with Crippen LogP contribution >= 0.6 is 11.3 Å². The van der Waals surface area contributed by atoms with Crippen LogP contribution in [-0.4, -0.2) is 79.0 Å². The molecule has 2 aliphatic rings. The van der Waals surface area contributed by atoms with Crippen LogP contribution in [0.15, 0.2) is 53.9 Å². The number of nitrogens with two attached hydrogens (primary N) is 1. The van der Waals surface area contributed by atoms with Crippen molar-refractivity contribution in [2.24, 2.45) is 5.73 Å². The summed E-state index contributed by atoms with van der Waals surface area (Å²) >= 11 is 1.37. The van der Waals surface area contributed by atoms with E-state index in [0.29, 0.717) is 30.7 Å². The molecule has 2 aliphatic heterocycles. The number of fused-ring (bicyclic) bond motifs is 1. The summed E-state index contributed by atoms with van der Waals surface area (Å²) in [4.78, 5) is 43.6. The number of nitrogens with zero attached hydrogens (tertiary/aromatic N) is 2. The SMILES string of the molecule is N=C(N)c1csc(CNC(=O)[C@@H]2COCCOCN2C(=O)CN2CCc3cc(-c4ccc(F)cc4)ccc3C2=O)c1. The van der Waals surface area contributed by atoms with Crippen molar-refractivity contribution in [2.45, 2.75) is 19.0 Å². The van der Waals surface area contributed by atoms with Crippen LogP contribution in [0.5, 0.6) is 0 Å². The van der Waals surface area contributed by atoms with Gasteiger partial charge in [-0.1, -0.05) is 24.3 Å². The Hall–Kier alpha value is -4.13. The Bertz CT molecular complexity index is 1460. The molecule has 10 nitrogen and oxygen atoms in total. The molecule has 2 aromatic carbocycles. The topological polar surface area (TPSA) is 138 Å². The van der Waals surface area contributed by atoms with E-state index in [4.69, 9.17) is 20.6 Å². The third kappa shape index (κ3) is 6.62. The third-order valence-corrected chi connectivity index (χ3v) is 7.99. The van der Waals surface area contributed by atoms with Gasteiger partial charge in [-0.3, -0.25) is 19.8 Å². The molecule has 0 saturated carbocycles. The molecule has 3 heterocycles. The first kappa shape index (κ1) is 28.4. The van der Waals surface area contributed by atoms with Gasteiger partial charge in [0.2, 0.25) is 11.8 Å². The second-order valence-electron chi connectivity index (χ2n) is 9.78. The molecule has 12 heteroatoms. The van der Waals surface area contributed by atoms with Crippen LogP contribution < -0.4 is 11.1 Å². The van der Waals surface area contributed by atoms with Gasteiger partial charge in [-0.25, -0.2) is 4.39 Å². The number of nitrogen functional groups attached to an aromatic ring is 1. The van der Waals surface area contributed by atoms with E-state index in [-0.39, 0.29) is 50.6 Å². The van der Waals surface area contributed by atoms with Crippen molar-refractivity contribution in [3.05, 3.63) is 81.3 Å². The van der Waals surface area contributed by atoms with Crippen LogP contribution in [0.25, 0.3) is 11.1 Å². The molecule has 0 spiro atoms. The molecule has 4 N–H and O–H groups in total. The van der Waals surface area contributed by atoms with Crippen LogP contribution in [0.1, 0.15) is 26.4 Å². The zero-order valence-corrected chi connectivity index (χ0v) is 23.0. The minimum absolute atomic E-state index is 0.00693. The summed E-state index contributed by atoms with van der Waals surface area (Å²) in [6, 6.07) is 12.4. The maximum absolute atomic E-state index is 13.5. The highest BCUT2D eigenvalue weighted by atomic mass is 32.1. The molecule has 0 aliphatic carbocycles. The number of carbonyl (C=O) groups is 3. The largest absolute Gasteiger partial charge is 0.384 e. The van der Waals surface area contributed by atoms with E-state index in [1.807, 2.05) is 12.1 Å². The minimum Gasteiger partial charge on any atom is -0.384 e. The lowest BCUT2D eigenvalue weighted by Gasteiger charge is -2.35. The van der Waals surface area contributed by atoms with E-state index in [1.54, 1.807) is 29.6 Å². The highest BCUT2D eigenvalue weighted by Gasteiger charge is 2.34.